The monoisotopic (exact) mass is 326 g/mol. The van der Waals surface area contributed by atoms with Crippen LogP contribution in [-0.2, 0) is 10.3 Å². The number of halogens is 1. The van der Waals surface area contributed by atoms with Crippen LogP contribution in [0, 0.1) is 0 Å². The van der Waals surface area contributed by atoms with Crippen LogP contribution in [0.25, 0.3) is 11.0 Å². The second kappa shape index (κ2) is 6.28. The highest BCUT2D eigenvalue weighted by atomic mass is 35.5. The lowest BCUT2D eigenvalue weighted by molar-refractivity contribution is -0.133. The van der Waals surface area contributed by atoms with Crippen LogP contribution in [0.3, 0.4) is 0 Å². The molecule has 1 aromatic carbocycles. The third kappa shape index (κ3) is 3.19. The molecule has 0 amide bonds. The van der Waals surface area contributed by atoms with Crippen molar-refractivity contribution in [2.75, 3.05) is 5.75 Å². The molecule has 0 aliphatic heterocycles. The van der Waals surface area contributed by atoms with Gasteiger partial charge in [-0.2, -0.15) is 0 Å². The molecule has 6 heteroatoms. The van der Waals surface area contributed by atoms with E-state index in [1.807, 2.05) is 18.2 Å². The molecule has 21 heavy (non-hydrogen) atoms. The first kappa shape index (κ1) is 16.2. The Morgan fingerprint density at radius 2 is 2.10 bits per heavy atom. The summed E-state index contributed by atoms with van der Waals surface area (Å²) in [5.41, 5.74) is 1.71. The van der Waals surface area contributed by atoms with Gasteiger partial charge >= 0.3 is 5.97 Å². The highest BCUT2D eigenvalue weighted by Gasteiger charge is 2.28. The summed E-state index contributed by atoms with van der Waals surface area (Å²) in [7, 11) is 0. The maximum Gasteiger partial charge on any atom is 0.313 e. The van der Waals surface area contributed by atoms with Crippen molar-refractivity contribution in [1.82, 2.24) is 9.55 Å². The van der Waals surface area contributed by atoms with Crippen LogP contribution < -0.4 is 0 Å². The molecule has 0 bridgehead atoms. The number of hydrogen-bond donors (Lipinski definition) is 1. The molecule has 0 fully saturated rings. The molecule has 2 rings (SSSR count). The van der Waals surface area contributed by atoms with E-state index in [0.29, 0.717) is 5.02 Å². The molecule has 2 aromatic rings. The van der Waals surface area contributed by atoms with Crippen molar-refractivity contribution in [3.63, 3.8) is 0 Å². The van der Waals surface area contributed by atoms with Crippen LogP contribution in [0.2, 0.25) is 5.02 Å². The molecular weight excluding hydrogens is 308 g/mol. The third-order valence-electron chi connectivity index (χ3n) is 3.97. The molecule has 0 radical (unpaired) electrons. The van der Waals surface area contributed by atoms with Crippen LogP contribution in [0.15, 0.2) is 23.4 Å². The van der Waals surface area contributed by atoms with E-state index in [1.54, 1.807) is 0 Å². The summed E-state index contributed by atoms with van der Waals surface area (Å²) < 4.78 is 2.16. The molecule has 0 unspecified atom stereocenters. The molecule has 0 aliphatic carbocycles. The number of benzene rings is 1. The van der Waals surface area contributed by atoms with E-state index in [0.717, 1.165) is 29.0 Å². The van der Waals surface area contributed by atoms with Crippen molar-refractivity contribution in [3.05, 3.63) is 23.2 Å². The Morgan fingerprint density at radius 3 is 2.67 bits per heavy atom. The fraction of sp³-hybridized carbons (Fsp3) is 0.467. The van der Waals surface area contributed by atoms with Crippen molar-refractivity contribution in [3.8, 4) is 0 Å². The summed E-state index contributed by atoms with van der Waals surface area (Å²) in [4.78, 5) is 15.4. The molecule has 0 spiro atoms. The number of nitrogens with zero attached hydrogens (tertiary/aromatic N) is 2. The molecular formula is C15H19ClN2O2S. The average Bonchev–Trinajstić information content (AvgIpc) is 2.82. The number of imidazole rings is 1. The number of fused-ring (bicyclic) bond motifs is 1. The molecule has 1 aromatic heterocycles. The number of hydrogen-bond acceptors (Lipinski definition) is 3. The predicted octanol–water partition coefficient (Wildman–Crippen LogP) is 4.40. The van der Waals surface area contributed by atoms with Crippen molar-refractivity contribution in [2.45, 2.75) is 44.3 Å². The number of aromatic nitrogens is 2. The van der Waals surface area contributed by atoms with E-state index < -0.39 is 5.97 Å². The van der Waals surface area contributed by atoms with E-state index >= 15 is 0 Å². The predicted molar refractivity (Wildman–Crippen MR) is 87.3 cm³/mol. The summed E-state index contributed by atoms with van der Waals surface area (Å²) >= 11 is 7.29. The summed E-state index contributed by atoms with van der Waals surface area (Å²) in [5, 5.41) is 10.3. The van der Waals surface area contributed by atoms with Gasteiger partial charge in [0.15, 0.2) is 5.16 Å². The van der Waals surface area contributed by atoms with Gasteiger partial charge in [-0.3, -0.25) is 4.79 Å². The van der Waals surface area contributed by atoms with E-state index in [-0.39, 0.29) is 11.3 Å². The normalized spacial score (nSPS) is 12.0. The van der Waals surface area contributed by atoms with Crippen LogP contribution >= 0.6 is 23.4 Å². The third-order valence-corrected chi connectivity index (χ3v) is 5.13. The van der Waals surface area contributed by atoms with Crippen molar-refractivity contribution in [2.24, 2.45) is 0 Å². The molecule has 0 saturated carbocycles. The molecule has 114 valence electrons. The lowest BCUT2D eigenvalue weighted by Crippen LogP contribution is -2.29. The minimum absolute atomic E-state index is 0.000558. The highest BCUT2D eigenvalue weighted by molar-refractivity contribution is 7.99. The summed E-state index contributed by atoms with van der Waals surface area (Å²) in [5.74, 6) is -0.841. The molecule has 0 saturated heterocycles. The van der Waals surface area contributed by atoms with Gasteiger partial charge in [0.25, 0.3) is 0 Å². The van der Waals surface area contributed by atoms with Gasteiger partial charge in [0.2, 0.25) is 0 Å². The zero-order chi connectivity index (χ0) is 15.6. The van der Waals surface area contributed by atoms with E-state index in [2.05, 4.69) is 30.3 Å². The van der Waals surface area contributed by atoms with Gasteiger partial charge < -0.3 is 9.67 Å². The van der Waals surface area contributed by atoms with Gasteiger partial charge in [-0.05, 0) is 38.0 Å². The number of carbonyl (C=O) groups is 1. The maximum absolute atomic E-state index is 10.9. The molecule has 1 N–H and O–H groups in total. The Kier molecular flexibility index (Phi) is 4.84. The van der Waals surface area contributed by atoms with Gasteiger partial charge in [0.1, 0.15) is 0 Å². The topological polar surface area (TPSA) is 55.1 Å². The van der Waals surface area contributed by atoms with Crippen LogP contribution in [0.4, 0.5) is 0 Å². The van der Waals surface area contributed by atoms with E-state index in [9.17, 15) is 4.79 Å². The Labute approximate surface area is 133 Å². The van der Waals surface area contributed by atoms with Gasteiger partial charge in [0.05, 0.1) is 16.8 Å². The van der Waals surface area contributed by atoms with E-state index in [1.165, 1.54) is 11.8 Å². The number of rotatable bonds is 6. The molecule has 1 heterocycles. The fourth-order valence-electron chi connectivity index (χ4n) is 2.34. The number of carboxylic acids is 1. The Bertz CT molecular complexity index is 665. The highest BCUT2D eigenvalue weighted by Crippen LogP contribution is 2.35. The zero-order valence-electron chi connectivity index (χ0n) is 12.4. The summed E-state index contributed by atoms with van der Waals surface area (Å²) in [6, 6.07) is 5.63. The van der Waals surface area contributed by atoms with Crippen LogP contribution in [0.5, 0.6) is 0 Å². The standard InChI is InChI=1S/C15H19ClN2O2S/c1-4-15(3,5-2)18-12-7-6-10(16)8-11(12)17-14(18)21-9-13(19)20/h6-8H,4-5,9H2,1-3H3,(H,19,20). The van der Waals surface area contributed by atoms with E-state index in [4.69, 9.17) is 16.7 Å². The lowest BCUT2D eigenvalue weighted by atomic mass is 9.95. The van der Waals surface area contributed by atoms with Gasteiger partial charge in [-0.25, -0.2) is 4.98 Å². The van der Waals surface area contributed by atoms with Crippen molar-refractivity contribution in [1.29, 1.82) is 0 Å². The van der Waals surface area contributed by atoms with Crippen molar-refractivity contribution >= 4 is 40.4 Å². The second-order valence-electron chi connectivity index (χ2n) is 5.25. The quantitative estimate of drug-likeness (QED) is 0.799. The maximum atomic E-state index is 10.9. The minimum Gasteiger partial charge on any atom is -0.481 e. The first-order chi connectivity index (χ1) is 9.91. The molecule has 4 nitrogen and oxygen atoms in total. The number of aliphatic carboxylic acids is 1. The zero-order valence-corrected chi connectivity index (χ0v) is 14.0. The number of carboxylic acid groups (broad SMARTS) is 1. The minimum atomic E-state index is -0.841. The fourth-order valence-corrected chi connectivity index (χ4v) is 3.37. The largest absolute Gasteiger partial charge is 0.481 e. The van der Waals surface area contributed by atoms with Crippen LogP contribution in [-0.4, -0.2) is 26.4 Å². The first-order valence-corrected chi connectivity index (χ1v) is 8.30. The smallest absolute Gasteiger partial charge is 0.313 e. The Morgan fingerprint density at radius 1 is 1.43 bits per heavy atom. The molecule has 0 atom stereocenters. The van der Waals surface area contributed by atoms with Gasteiger partial charge in [0, 0.05) is 10.6 Å². The SMILES string of the molecule is CCC(C)(CC)n1c(SCC(=O)O)nc2cc(Cl)ccc21. The summed E-state index contributed by atoms with van der Waals surface area (Å²) in [6.07, 6.45) is 1.89. The Hall–Kier alpha value is -1.20. The second-order valence-corrected chi connectivity index (χ2v) is 6.63. The molecule has 0 aliphatic rings. The summed E-state index contributed by atoms with van der Waals surface area (Å²) in [6.45, 7) is 6.45. The van der Waals surface area contributed by atoms with Gasteiger partial charge in [-0.15, -0.1) is 0 Å². The van der Waals surface area contributed by atoms with Gasteiger partial charge in [-0.1, -0.05) is 37.2 Å². The van der Waals surface area contributed by atoms with Crippen molar-refractivity contribution < 1.29 is 9.90 Å². The Balaban J connectivity index is 2.62. The van der Waals surface area contributed by atoms with Crippen LogP contribution in [0.1, 0.15) is 33.6 Å². The first-order valence-electron chi connectivity index (χ1n) is 6.94. The average molecular weight is 327 g/mol. The lowest BCUT2D eigenvalue weighted by Gasteiger charge is -2.31. The number of thioether (sulfide) groups is 1.